The highest BCUT2D eigenvalue weighted by atomic mass is 32.2. The number of hydrogen-bond acceptors (Lipinski definition) is 5. The van der Waals surface area contributed by atoms with E-state index in [0.29, 0.717) is 22.2 Å². The van der Waals surface area contributed by atoms with E-state index >= 15 is 0 Å². The number of benzene rings is 1. The van der Waals surface area contributed by atoms with Crippen molar-refractivity contribution >= 4 is 28.7 Å². The van der Waals surface area contributed by atoms with Gasteiger partial charge in [0.15, 0.2) is 10.8 Å². The lowest BCUT2D eigenvalue weighted by atomic mass is 10.3. The molecule has 0 unspecified atom stereocenters. The summed E-state index contributed by atoms with van der Waals surface area (Å²) in [6.07, 6.45) is 3.70. The Hall–Kier alpha value is -2.67. The molecule has 2 aromatic heterocycles. The van der Waals surface area contributed by atoms with E-state index in [1.54, 1.807) is 22.9 Å². The highest BCUT2D eigenvalue weighted by molar-refractivity contribution is 7.99. The number of carbonyl (C=O) groups is 1. The van der Waals surface area contributed by atoms with Gasteiger partial charge in [-0.3, -0.25) is 14.2 Å². The zero-order valence-electron chi connectivity index (χ0n) is 13.4. The number of hydrogen-bond donors (Lipinski definition) is 1. The largest absolute Gasteiger partial charge is 0.353 e. The monoisotopic (exact) mass is 352 g/mol. The Kier molecular flexibility index (Phi) is 4.23. The Bertz CT molecular complexity index is 983. The highest BCUT2D eigenvalue weighted by Crippen LogP contribution is 2.22. The summed E-state index contributed by atoms with van der Waals surface area (Å²) in [5, 5.41) is 3.87. The van der Waals surface area contributed by atoms with Crippen molar-refractivity contribution in [2.24, 2.45) is 0 Å². The summed E-state index contributed by atoms with van der Waals surface area (Å²) in [6, 6.07) is 13.1. The first-order valence-corrected chi connectivity index (χ1v) is 9.06. The van der Waals surface area contributed by atoms with Gasteiger partial charge in [0.25, 0.3) is 5.56 Å². The van der Waals surface area contributed by atoms with Gasteiger partial charge in [-0.25, -0.2) is 9.97 Å². The van der Waals surface area contributed by atoms with Gasteiger partial charge in [-0.05, 0) is 37.1 Å². The number of pyridine rings is 1. The minimum absolute atomic E-state index is 0.0394. The SMILES string of the molecule is O=C(CSc1nc2ncccc2c(=O)n1-c1ccccc1)NC1CC1. The molecule has 1 amide bonds. The van der Waals surface area contributed by atoms with E-state index in [1.165, 1.54) is 11.8 Å². The Morgan fingerprint density at radius 2 is 2.00 bits per heavy atom. The zero-order chi connectivity index (χ0) is 17.2. The van der Waals surface area contributed by atoms with Crippen molar-refractivity contribution < 1.29 is 4.79 Å². The molecule has 0 bridgehead atoms. The lowest BCUT2D eigenvalue weighted by Gasteiger charge is -2.12. The van der Waals surface area contributed by atoms with Crippen LogP contribution in [0.5, 0.6) is 0 Å². The number of nitrogens with zero attached hydrogens (tertiary/aromatic N) is 3. The van der Waals surface area contributed by atoms with E-state index < -0.39 is 0 Å². The first-order chi connectivity index (χ1) is 12.2. The van der Waals surface area contributed by atoms with Crippen LogP contribution in [0.2, 0.25) is 0 Å². The van der Waals surface area contributed by atoms with Gasteiger partial charge in [0.2, 0.25) is 5.91 Å². The molecule has 0 aliphatic heterocycles. The van der Waals surface area contributed by atoms with Gasteiger partial charge in [-0.1, -0.05) is 30.0 Å². The summed E-state index contributed by atoms with van der Waals surface area (Å²) in [5.41, 5.74) is 0.926. The Morgan fingerprint density at radius 3 is 2.76 bits per heavy atom. The molecule has 126 valence electrons. The number of carbonyl (C=O) groups excluding carboxylic acids is 1. The van der Waals surface area contributed by atoms with Crippen LogP contribution in [-0.2, 0) is 4.79 Å². The smallest absolute Gasteiger partial charge is 0.268 e. The molecule has 1 aliphatic rings. The summed E-state index contributed by atoms with van der Waals surface area (Å²) in [4.78, 5) is 33.7. The fraction of sp³-hybridized carbons (Fsp3) is 0.222. The number of thioether (sulfide) groups is 1. The van der Waals surface area contributed by atoms with Crippen LogP contribution in [0.4, 0.5) is 0 Å². The summed E-state index contributed by atoms with van der Waals surface area (Å²) in [5.74, 6) is 0.177. The van der Waals surface area contributed by atoms with Crippen LogP contribution in [0.3, 0.4) is 0 Å². The molecule has 0 spiro atoms. The van der Waals surface area contributed by atoms with Crippen molar-refractivity contribution in [2.45, 2.75) is 24.0 Å². The van der Waals surface area contributed by atoms with Crippen LogP contribution in [0.1, 0.15) is 12.8 Å². The lowest BCUT2D eigenvalue weighted by molar-refractivity contribution is -0.118. The summed E-state index contributed by atoms with van der Waals surface area (Å²) >= 11 is 1.25. The third-order valence-electron chi connectivity index (χ3n) is 3.90. The highest BCUT2D eigenvalue weighted by Gasteiger charge is 2.23. The van der Waals surface area contributed by atoms with Crippen LogP contribution in [0, 0.1) is 0 Å². The van der Waals surface area contributed by atoms with Crippen molar-refractivity contribution in [3.63, 3.8) is 0 Å². The van der Waals surface area contributed by atoms with Gasteiger partial charge in [-0.2, -0.15) is 0 Å². The molecule has 0 atom stereocenters. The molecule has 1 aromatic carbocycles. The number of aromatic nitrogens is 3. The minimum atomic E-state index is -0.186. The summed E-state index contributed by atoms with van der Waals surface area (Å²) in [7, 11) is 0. The van der Waals surface area contributed by atoms with Gasteiger partial charge in [0.05, 0.1) is 16.8 Å². The van der Waals surface area contributed by atoms with Gasteiger partial charge in [-0.15, -0.1) is 0 Å². The molecule has 1 N–H and O–H groups in total. The maximum atomic E-state index is 13.0. The van der Waals surface area contributed by atoms with E-state index in [-0.39, 0.29) is 17.2 Å². The maximum Gasteiger partial charge on any atom is 0.268 e. The number of para-hydroxylation sites is 1. The summed E-state index contributed by atoms with van der Waals surface area (Å²) in [6.45, 7) is 0. The van der Waals surface area contributed by atoms with Crippen molar-refractivity contribution in [1.29, 1.82) is 0 Å². The molecule has 25 heavy (non-hydrogen) atoms. The van der Waals surface area contributed by atoms with Crippen molar-refractivity contribution in [3.8, 4) is 5.69 Å². The van der Waals surface area contributed by atoms with E-state index in [9.17, 15) is 9.59 Å². The maximum absolute atomic E-state index is 13.0. The number of amides is 1. The molecule has 7 heteroatoms. The fourth-order valence-electron chi connectivity index (χ4n) is 2.53. The van der Waals surface area contributed by atoms with E-state index in [4.69, 9.17) is 0 Å². The predicted molar refractivity (Wildman–Crippen MR) is 97.0 cm³/mol. The van der Waals surface area contributed by atoms with Crippen molar-refractivity contribution in [1.82, 2.24) is 19.9 Å². The predicted octanol–water partition coefficient (Wildman–Crippen LogP) is 2.15. The Balaban J connectivity index is 1.75. The minimum Gasteiger partial charge on any atom is -0.353 e. The van der Waals surface area contributed by atoms with Crippen LogP contribution in [0.25, 0.3) is 16.7 Å². The number of fused-ring (bicyclic) bond motifs is 1. The molecule has 1 fully saturated rings. The molecular weight excluding hydrogens is 336 g/mol. The second-order valence-corrected chi connectivity index (χ2v) is 6.82. The molecule has 1 saturated carbocycles. The molecular formula is C18H16N4O2S. The molecule has 1 aliphatic carbocycles. The topological polar surface area (TPSA) is 76.9 Å². The van der Waals surface area contributed by atoms with E-state index in [1.807, 2.05) is 30.3 Å². The quantitative estimate of drug-likeness (QED) is 0.562. The first kappa shape index (κ1) is 15.8. The van der Waals surface area contributed by atoms with E-state index in [2.05, 4.69) is 15.3 Å². The van der Waals surface area contributed by atoms with E-state index in [0.717, 1.165) is 18.5 Å². The van der Waals surface area contributed by atoms with Crippen LogP contribution >= 0.6 is 11.8 Å². The fourth-order valence-corrected chi connectivity index (χ4v) is 3.34. The lowest BCUT2D eigenvalue weighted by Crippen LogP contribution is -2.28. The number of nitrogens with one attached hydrogen (secondary N) is 1. The third kappa shape index (κ3) is 3.41. The first-order valence-electron chi connectivity index (χ1n) is 8.08. The van der Waals surface area contributed by atoms with Crippen LogP contribution < -0.4 is 10.9 Å². The average molecular weight is 352 g/mol. The molecule has 3 aromatic rings. The molecule has 2 heterocycles. The third-order valence-corrected chi connectivity index (χ3v) is 4.84. The van der Waals surface area contributed by atoms with Crippen molar-refractivity contribution in [3.05, 3.63) is 59.0 Å². The Labute approximate surface area is 148 Å². The Morgan fingerprint density at radius 1 is 1.20 bits per heavy atom. The molecule has 4 rings (SSSR count). The second-order valence-electron chi connectivity index (χ2n) is 5.88. The van der Waals surface area contributed by atoms with Gasteiger partial charge >= 0.3 is 0 Å². The standard InChI is InChI=1S/C18H16N4O2S/c23-15(20-12-8-9-12)11-25-18-21-16-14(7-4-10-19-16)17(24)22(18)13-5-2-1-3-6-13/h1-7,10,12H,8-9,11H2,(H,20,23). The zero-order valence-corrected chi connectivity index (χ0v) is 14.2. The van der Waals surface area contributed by atoms with Gasteiger partial charge in [0.1, 0.15) is 0 Å². The van der Waals surface area contributed by atoms with Gasteiger partial charge in [0, 0.05) is 12.2 Å². The number of rotatable bonds is 5. The molecule has 6 nitrogen and oxygen atoms in total. The summed E-state index contributed by atoms with van der Waals surface area (Å²) < 4.78 is 1.54. The second kappa shape index (κ2) is 6.68. The van der Waals surface area contributed by atoms with Gasteiger partial charge < -0.3 is 5.32 Å². The molecule has 0 radical (unpaired) electrons. The average Bonchev–Trinajstić information content (AvgIpc) is 3.45. The molecule has 0 saturated heterocycles. The van der Waals surface area contributed by atoms with Crippen molar-refractivity contribution in [2.75, 3.05) is 5.75 Å². The normalized spacial score (nSPS) is 13.8. The van der Waals surface area contributed by atoms with Crippen LogP contribution in [-0.4, -0.2) is 32.2 Å². The van der Waals surface area contributed by atoms with Crippen LogP contribution in [0.15, 0.2) is 58.6 Å².